The molecule has 0 atom stereocenters. The molecule has 4 aromatic rings. The van der Waals surface area contributed by atoms with Gasteiger partial charge in [-0.15, -0.1) is 0 Å². The minimum Gasteiger partial charge on any atom is -0.319 e. The molecule has 9 heteroatoms. The van der Waals surface area contributed by atoms with E-state index in [1.165, 1.54) is 16.8 Å². The number of sulfonamides is 1. The SMILES string of the molecule is Cc1cccc(NS(=O)(=O)c2ccc(C)c(C(=O)Nc3cccnc3-n3cccn3)c2)c1. The van der Waals surface area contributed by atoms with Gasteiger partial charge in [0.15, 0.2) is 5.82 Å². The van der Waals surface area contributed by atoms with Crippen LogP contribution < -0.4 is 10.0 Å². The van der Waals surface area contributed by atoms with Crippen LogP contribution in [0.25, 0.3) is 5.82 Å². The fourth-order valence-corrected chi connectivity index (χ4v) is 4.27. The van der Waals surface area contributed by atoms with E-state index in [1.807, 2.05) is 13.0 Å². The van der Waals surface area contributed by atoms with Crippen molar-refractivity contribution in [3.05, 3.63) is 95.9 Å². The Balaban J connectivity index is 1.63. The van der Waals surface area contributed by atoms with Crippen molar-refractivity contribution in [3.63, 3.8) is 0 Å². The first-order valence-corrected chi connectivity index (χ1v) is 11.3. The number of benzene rings is 2. The minimum absolute atomic E-state index is 0.00626. The molecular formula is C23H21N5O3S. The van der Waals surface area contributed by atoms with Crippen LogP contribution in [-0.2, 0) is 10.0 Å². The summed E-state index contributed by atoms with van der Waals surface area (Å²) in [4.78, 5) is 17.3. The summed E-state index contributed by atoms with van der Waals surface area (Å²) in [6.45, 7) is 3.62. The van der Waals surface area contributed by atoms with E-state index < -0.39 is 15.9 Å². The van der Waals surface area contributed by atoms with Gasteiger partial charge in [0, 0.05) is 29.8 Å². The Hall–Kier alpha value is -3.98. The van der Waals surface area contributed by atoms with Crippen LogP contribution in [0, 0.1) is 13.8 Å². The maximum absolute atomic E-state index is 13.1. The molecule has 2 heterocycles. The molecule has 8 nitrogen and oxygen atoms in total. The summed E-state index contributed by atoms with van der Waals surface area (Å²) in [7, 11) is -3.88. The van der Waals surface area contributed by atoms with Gasteiger partial charge in [-0.25, -0.2) is 18.1 Å². The normalized spacial score (nSPS) is 11.2. The van der Waals surface area contributed by atoms with Gasteiger partial charge in [0.2, 0.25) is 0 Å². The van der Waals surface area contributed by atoms with Crippen LogP contribution in [0.3, 0.4) is 0 Å². The lowest BCUT2D eigenvalue weighted by atomic mass is 10.1. The predicted molar refractivity (Wildman–Crippen MR) is 122 cm³/mol. The summed E-state index contributed by atoms with van der Waals surface area (Å²) in [6, 6.07) is 16.7. The number of rotatable bonds is 6. The van der Waals surface area contributed by atoms with Gasteiger partial charge in [-0.2, -0.15) is 5.10 Å². The number of hydrogen-bond acceptors (Lipinski definition) is 5. The number of carbonyl (C=O) groups excluding carboxylic acids is 1. The monoisotopic (exact) mass is 447 g/mol. The number of anilines is 2. The van der Waals surface area contributed by atoms with Gasteiger partial charge in [0.05, 0.1) is 10.6 Å². The topological polar surface area (TPSA) is 106 Å². The molecule has 2 N–H and O–H groups in total. The van der Waals surface area contributed by atoms with E-state index in [0.29, 0.717) is 22.8 Å². The molecule has 2 aromatic heterocycles. The van der Waals surface area contributed by atoms with Crippen molar-refractivity contribution in [1.82, 2.24) is 14.8 Å². The molecule has 0 spiro atoms. The molecular weight excluding hydrogens is 426 g/mol. The number of nitrogens with zero attached hydrogens (tertiary/aromatic N) is 3. The molecule has 0 aliphatic carbocycles. The molecule has 0 fully saturated rings. The van der Waals surface area contributed by atoms with E-state index in [1.54, 1.807) is 68.0 Å². The first-order chi connectivity index (χ1) is 15.3. The largest absolute Gasteiger partial charge is 0.319 e. The van der Waals surface area contributed by atoms with Crippen LogP contribution in [0.4, 0.5) is 11.4 Å². The second kappa shape index (κ2) is 8.64. The lowest BCUT2D eigenvalue weighted by Crippen LogP contribution is -2.18. The summed E-state index contributed by atoms with van der Waals surface area (Å²) in [5.41, 5.74) is 2.72. The highest BCUT2D eigenvalue weighted by Crippen LogP contribution is 2.22. The van der Waals surface area contributed by atoms with Gasteiger partial charge in [-0.05, 0) is 67.4 Å². The minimum atomic E-state index is -3.88. The van der Waals surface area contributed by atoms with Gasteiger partial charge < -0.3 is 5.32 Å². The second-order valence-electron chi connectivity index (χ2n) is 7.23. The summed E-state index contributed by atoms with van der Waals surface area (Å²) in [5, 5.41) is 6.97. The molecule has 0 saturated carbocycles. The molecule has 32 heavy (non-hydrogen) atoms. The van der Waals surface area contributed by atoms with E-state index in [0.717, 1.165) is 5.56 Å². The lowest BCUT2D eigenvalue weighted by molar-refractivity contribution is 0.102. The Morgan fingerprint density at radius 3 is 2.56 bits per heavy atom. The summed E-state index contributed by atoms with van der Waals surface area (Å²) in [5.74, 6) is 0.00454. The van der Waals surface area contributed by atoms with Gasteiger partial charge in [0.1, 0.15) is 0 Å². The van der Waals surface area contributed by atoms with Crippen LogP contribution >= 0.6 is 0 Å². The smallest absolute Gasteiger partial charge is 0.261 e. The van der Waals surface area contributed by atoms with Crippen LogP contribution in [0.5, 0.6) is 0 Å². The Bertz CT molecular complexity index is 1380. The fourth-order valence-electron chi connectivity index (χ4n) is 3.20. The molecule has 2 aromatic carbocycles. The maximum Gasteiger partial charge on any atom is 0.261 e. The number of aromatic nitrogens is 3. The Labute approximate surface area is 186 Å². The third kappa shape index (κ3) is 4.52. The number of aryl methyl sites for hydroxylation is 2. The van der Waals surface area contributed by atoms with E-state index in [9.17, 15) is 13.2 Å². The molecule has 1 amide bonds. The Morgan fingerprint density at radius 2 is 1.81 bits per heavy atom. The Morgan fingerprint density at radius 1 is 0.969 bits per heavy atom. The Kier molecular flexibility index (Phi) is 5.74. The third-order valence-corrected chi connectivity index (χ3v) is 6.17. The number of carbonyl (C=O) groups is 1. The zero-order valence-electron chi connectivity index (χ0n) is 17.5. The van der Waals surface area contributed by atoms with Crippen LogP contribution in [0.1, 0.15) is 21.5 Å². The maximum atomic E-state index is 13.1. The average molecular weight is 448 g/mol. The standard InChI is InChI=1S/C23H21N5O3S/c1-16-6-3-7-18(14-16)27-32(30,31)19-10-9-17(2)20(15-19)23(29)26-21-8-4-11-24-22(21)28-13-5-12-25-28/h3-15,27H,1-2H3,(H,26,29). The number of pyridine rings is 1. The first kappa shape index (κ1) is 21.3. The van der Waals surface area contributed by atoms with Crippen LogP contribution in [-0.4, -0.2) is 29.1 Å². The van der Waals surface area contributed by atoms with Gasteiger partial charge in [-0.1, -0.05) is 18.2 Å². The van der Waals surface area contributed by atoms with Crippen LogP contribution in [0.2, 0.25) is 0 Å². The van der Waals surface area contributed by atoms with Crippen molar-refractivity contribution in [2.24, 2.45) is 0 Å². The molecule has 0 unspecified atom stereocenters. The summed E-state index contributed by atoms with van der Waals surface area (Å²) in [6.07, 6.45) is 4.93. The van der Waals surface area contributed by atoms with E-state index in [4.69, 9.17) is 0 Å². The third-order valence-electron chi connectivity index (χ3n) is 4.79. The second-order valence-corrected chi connectivity index (χ2v) is 8.91. The van der Waals surface area contributed by atoms with Crippen molar-refractivity contribution in [2.45, 2.75) is 18.7 Å². The summed E-state index contributed by atoms with van der Waals surface area (Å²) >= 11 is 0. The highest BCUT2D eigenvalue weighted by molar-refractivity contribution is 7.92. The number of amides is 1. The predicted octanol–water partition coefficient (Wildman–Crippen LogP) is 3.94. The van der Waals surface area contributed by atoms with Crippen molar-refractivity contribution >= 4 is 27.3 Å². The van der Waals surface area contributed by atoms with Crippen molar-refractivity contribution < 1.29 is 13.2 Å². The van der Waals surface area contributed by atoms with Crippen molar-refractivity contribution in [3.8, 4) is 5.82 Å². The van der Waals surface area contributed by atoms with E-state index in [-0.39, 0.29) is 10.5 Å². The highest BCUT2D eigenvalue weighted by atomic mass is 32.2. The molecule has 0 bridgehead atoms. The molecule has 0 saturated heterocycles. The first-order valence-electron chi connectivity index (χ1n) is 9.80. The van der Waals surface area contributed by atoms with Gasteiger partial charge >= 0.3 is 0 Å². The number of hydrogen-bond donors (Lipinski definition) is 2. The molecule has 0 radical (unpaired) electrons. The zero-order valence-corrected chi connectivity index (χ0v) is 18.3. The molecule has 4 rings (SSSR count). The van der Waals surface area contributed by atoms with Gasteiger partial charge in [0.25, 0.3) is 15.9 Å². The average Bonchev–Trinajstić information content (AvgIpc) is 3.28. The summed E-state index contributed by atoms with van der Waals surface area (Å²) < 4.78 is 29.9. The van der Waals surface area contributed by atoms with E-state index in [2.05, 4.69) is 20.1 Å². The fraction of sp³-hybridized carbons (Fsp3) is 0.0870. The van der Waals surface area contributed by atoms with Crippen molar-refractivity contribution in [1.29, 1.82) is 0 Å². The van der Waals surface area contributed by atoms with Crippen LogP contribution in [0.15, 0.2) is 84.1 Å². The number of nitrogens with one attached hydrogen (secondary N) is 2. The van der Waals surface area contributed by atoms with E-state index >= 15 is 0 Å². The lowest BCUT2D eigenvalue weighted by Gasteiger charge is -2.13. The zero-order chi connectivity index (χ0) is 22.7. The highest BCUT2D eigenvalue weighted by Gasteiger charge is 2.19. The van der Waals surface area contributed by atoms with Gasteiger partial charge in [-0.3, -0.25) is 9.52 Å². The molecule has 0 aliphatic rings. The molecule has 162 valence electrons. The quantitative estimate of drug-likeness (QED) is 0.466. The van der Waals surface area contributed by atoms with Crippen molar-refractivity contribution in [2.75, 3.05) is 10.0 Å². The molecule has 0 aliphatic heterocycles.